The van der Waals surface area contributed by atoms with Crippen LogP contribution in [0.5, 0.6) is 0 Å². The Labute approximate surface area is 102 Å². The Morgan fingerprint density at radius 3 is 2.82 bits per heavy atom. The summed E-state index contributed by atoms with van der Waals surface area (Å²) in [5.74, 6) is -0.554. The summed E-state index contributed by atoms with van der Waals surface area (Å²) in [5.41, 5.74) is 5.25. The van der Waals surface area contributed by atoms with Gasteiger partial charge in [0, 0.05) is 0 Å². The van der Waals surface area contributed by atoms with E-state index < -0.39 is 18.1 Å². The monoisotopic (exact) mass is 264 g/mol. The number of esters is 1. The molecule has 0 saturated heterocycles. The molecule has 7 heteroatoms. The van der Waals surface area contributed by atoms with Crippen LogP contribution in [0.3, 0.4) is 0 Å². The summed E-state index contributed by atoms with van der Waals surface area (Å²) in [6, 6.07) is 1.06. The van der Waals surface area contributed by atoms with Crippen LogP contribution in [0.2, 0.25) is 5.15 Å². The van der Waals surface area contributed by atoms with Crippen LogP contribution in [0.15, 0.2) is 6.07 Å². The van der Waals surface area contributed by atoms with Gasteiger partial charge in [-0.15, -0.1) is 0 Å². The molecule has 0 atom stereocenters. The van der Waals surface area contributed by atoms with Gasteiger partial charge in [0.2, 0.25) is 0 Å². The number of anilines is 1. The van der Waals surface area contributed by atoms with Crippen molar-refractivity contribution in [1.29, 1.82) is 0 Å². The van der Waals surface area contributed by atoms with E-state index in [1.165, 1.54) is 0 Å². The molecule has 94 valence electrons. The quantitative estimate of drug-likeness (QED) is 0.670. The van der Waals surface area contributed by atoms with E-state index in [2.05, 4.69) is 4.98 Å². The summed E-state index contributed by atoms with van der Waals surface area (Å²) >= 11 is 5.60. The maximum Gasteiger partial charge on any atom is 0.310 e. The van der Waals surface area contributed by atoms with Gasteiger partial charge in [0.25, 0.3) is 6.43 Å². The van der Waals surface area contributed by atoms with Gasteiger partial charge in [0.15, 0.2) is 5.15 Å². The van der Waals surface area contributed by atoms with Gasteiger partial charge in [0.05, 0.1) is 18.7 Å². The second-order valence-electron chi connectivity index (χ2n) is 3.19. The fourth-order valence-corrected chi connectivity index (χ4v) is 1.44. The van der Waals surface area contributed by atoms with Crippen LogP contribution in [-0.2, 0) is 16.0 Å². The lowest BCUT2D eigenvalue weighted by Gasteiger charge is -2.09. The standard InChI is InChI=1S/C10H11ClF2N2O2/c1-2-17-7(16)4-5-3-6(10(12)13)15-9(11)8(5)14/h3,10H,2,4,14H2,1H3. The molecule has 0 aliphatic rings. The maximum absolute atomic E-state index is 12.5. The largest absolute Gasteiger partial charge is 0.466 e. The van der Waals surface area contributed by atoms with Crippen LogP contribution in [0.4, 0.5) is 14.5 Å². The van der Waals surface area contributed by atoms with Gasteiger partial charge in [0.1, 0.15) is 5.69 Å². The van der Waals surface area contributed by atoms with Gasteiger partial charge in [-0.25, -0.2) is 13.8 Å². The summed E-state index contributed by atoms with van der Waals surface area (Å²) in [5, 5.41) is -0.234. The van der Waals surface area contributed by atoms with E-state index in [1.807, 2.05) is 0 Å². The molecule has 0 bridgehead atoms. The third-order valence-electron chi connectivity index (χ3n) is 1.98. The highest BCUT2D eigenvalue weighted by Crippen LogP contribution is 2.27. The topological polar surface area (TPSA) is 65.2 Å². The first-order valence-corrected chi connectivity index (χ1v) is 5.22. The van der Waals surface area contributed by atoms with E-state index >= 15 is 0 Å². The molecule has 2 N–H and O–H groups in total. The first-order chi connectivity index (χ1) is 7.95. The molecule has 17 heavy (non-hydrogen) atoms. The fraction of sp³-hybridized carbons (Fsp3) is 0.400. The third-order valence-corrected chi connectivity index (χ3v) is 2.27. The Balaban J connectivity index is 3.01. The van der Waals surface area contributed by atoms with E-state index in [-0.39, 0.29) is 29.4 Å². The molecule has 0 aromatic carbocycles. The normalized spacial score (nSPS) is 10.6. The molecule has 4 nitrogen and oxygen atoms in total. The minimum absolute atomic E-state index is 0.0177. The van der Waals surface area contributed by atoms with Crippen LogP contribution in [0.1, 0.15) is 24.6 Å². The van der Waals surface area contributed by atoms with Gasteiger partial charge in [-0.2, -0.15) is 0 Å². The van der Waals surface area contributed by atoms with E-state index in [1.54, 1.807) is 6.92 Å². The number of halogens is 3. The van der Waals surface area contributed by atoms with Crippen molar-refractivity contribution in [2.75, 3.05) is 12.3 Å². The van der Waals surface area contributed by atoms with Crippen LogP contribution < -0.4 is 5.73 Å². The summed E-state index contributed by atoms with van der Waals surface area (Å²) in [7, 11) is 0. The average molecular weight is 265 g/mol. The number of nitrogens with two attached hydrogens (primary N) is 1. The lowest BCUT2D eigenvalue weighted by atomic mass is 10.1. The van der Waals surface area contributed by atoms with Gasteiger partial charge >= 0.3 is 5.97 Å². The SMILES string of the molecule is CCOC(=O)Cc1cc(C(F)F)nc(Cl)c1N. The number of carbonyl (C=O) groups is 1. The molecule has 1 aromatic rings. The van der Waals surface area contributed by atoms with Crippen molar-refractivity contribution in [3.63, 3.8) is 0 Å². The molecule has 1 aromatic heterocycles. The average Bonchev–Trinajstić information content (AvgIpc) is 2.24. The number of alkyl halides is 2. The number of ether oxygens (including phenoxy) is 1. The summed E-state index contributed by atoms with van der Waals surface area (Å²) in [6.07, 6.45) is -2.98. The summed E-state index contributed by atoms with van der Waals surface area (Å²) in [4.78, 5) is 14.7. The number of aromatic nitrogens is 1. The molecule has 0 unspecified atom stereocenters. The first-order valence-electron chi connectivity index (χ1n) is 4.84. The maximum atomic E-state index is 12.5. The number of nitrogens with zero attached hydrogens (tertiary/aromatic N) is 1. The van der Waals surface area contributed by atoms with Crippen molar-refractivity contribution < 1.29 is 18.3 Å². The van der Waals surface area contributed by atoms with E-state index in [9.17, 15) is 13.6 Å². The second-order valence-corrected chi connectivity index (χ2v) is 3.55. The Morgan fingerprint density at radius 1 is 1.65 bits per heavy atom. The summed E-state index contributed by atoms with van der Waals surface area (Å²) in [6.45, 7) is 1.85. The van der Waals surface area contributed by atoms with E-state index in [0.29, 0.717) is 0 Å². The van der Waals surface area contributed by atoms with Gasteiger partial charge < -0.3 is 10.5 Å². The van der Waals surface area contributed by atoms with Gasteiger partial charge in [-0.1, -0.05) is 11.6 Å². The third kappa shape index (κ3) is 3.52. The molecule has 0 aliphatic heterocycles. The van der Waals surface area contributed by atoms with Crippen molar-refractivity contribution in [3.05, 3.63) is 22.5 Å². The molecule has 0 saturated carbocycles. The molecule has 1 rings (SSSR count). The Bertz CT molecular complexity index is 427. The zero-order chi connectivity index (χ0) is 13.0. The molecule has 0 spiro atoms. The van der Waals surface area contributed by atoms with Crippen molar-refractivity contribution in [2.45, 2.75) is 19.8 Å². The van der Waals surface area contributed by atoms with Crippen LogP contribution in [-0.4, -0.2) is 17.6 Å². The molecule has 0 radical (unpaired) electrons. The highest BCUT2D eigenvalue weighted by molar-refractivity contribution is 6.32. The predicted molar refractivity (Wildman–Crippen MR) is 59.0 cm³/mol. The zero-order valence-electron chi connectivity index (χ0n) is 9.04. The minimum Gasteiger partial charge on any atom is -0.466 e. The van der Waals surface area contributed by atoms with Crippen molar-refractivity contribution in [3.8, 4) is 0 Å². The molecular formula is C10H11ClF2N2O2. The summed E-state index contributed by atoms with van der Waals surface area (Å²) < 4.78 is 29.6. The van der Waals surface area contributed by atoms with Crippen LogP contribution in [0.25, 0.3) is 0 Å². The van der Waals surface area contributed by atoms with Gasteiger partial charge in [-0.3, -0.25) is 4.79 Å². The van der Waals surface area contributed by atoms with Crippen LogP contribution in [0, 0.1) is 0 Å². The number of nitrogen functional groups attached to an aromatic ring is 1. The molecule has 0 fully saturated rings. The lowest BCUT2D eigenvalue weighted by molar-refractivity contribution is -0.142. The van der Waals surface area contributed by atoms with E-state index in [4.69, 9.17) is 22.1 Å². The molecule has 1 heterocycles. The molecule has 0 aliphatic carbocycles. The fourth-order valence-electron chi connectivity index (χ4n) is 1.22. The Morgan fingerprint density at radius 2 is 2.29 bits per heavy atom. The Hall–Kier alpha value is -1.43. The van der Waals surface area contributed by atoms with E-state index in [0.717, 1.165) is 6.07 Å². The first kappa shape index (κ1) is 13.6. The van der Waals surface area contributed by atoms with Gasteiger partial charge in [-0.05, 0) is 18.6 Å². The number of hydrogen-bond donors (Lipinski definition) is 1. The minimum atomic E-state index is -2.77. The highest BCUT2D eigenvalue weighted by Gasteiger charge is 2.17. The lowest BCUT2D eigenvalue weighted by Crippen LogP contribution is -2.10. The second kappa shape index (κ2) is 5.77. The number of carbonyl (C=O) groups excluding carboxylic acids is 1. The van der Waals surface area contributed by atoms with Crippen molar-refractivity contribution >= 4 is 23.3 Å². The van der Waals surface area contributed by atoms with Crippen molar-refractivity contribution in [2.24, 2.45) is 0 Å². The number of pyridine rings is 1. The Kier molecular flexibility index (Phi) is 4.62. The molecular weight excluding hydrogens is 254 g/mol. The smallest absolute Gasteiger partial charge is 0.310 e. The predicted octanol–water partition coefficient (Wildman–Crippen LogP) is 2.36. The molecule has 0 amide bonds. The van der Waals surface area contributed by atoms with Crippen molar-refractivity contribution in [1.82, 2.24) is 4.98 Å². The zero-order valence-corrected chi connectivity index (χ0v) is 9.80. The van der Waals surface area contributed by atoms with Crippen LogP contribution >= 0.6 is 11.6 Å². The number of hydrogen-bond acceptors (Lipinski definition) is 4. The number of rotatable bonds is 4. The highest BCUT2D eigenvalue weighted by atomic mass is 35.5.